The fourth-order valence-electron chi connectivity index (χ4n) is 2.67. The van der Waals surface area contributed by atoms with Crippen molar-refractivity contribution >= 4 is 29.9 Å². The van der Waals surface area contributed by atoms with E-state index in [1.165, 1.54) is 18.4 Å². The molecule has 1 saturated carbocycles. The summed E-state index contributed by atoms with van der Waals surface area (Å²) in [6.45, 7) is 7.76. The normalized spacial score (nSPS) is 14.6. The lowest BCUT2D eigenvalue weighted by Crippen LogP contribution is -2.45. The smallest absolute Gasteiger partial charge is 0.193 e. The molecule has 1 fully saturated rings. The minimum atomic E-state index is -0.00841. The van der Waals surface area contributed by atoms with Gasteiger partial charge in [0.2, 0.25) is 0 Å². The van der Waals surface area contributed by atoms with Crippen LogP contribution in [0.25, 0.3) is 0 Å². The van der Waals surface area contributed by atoms with E-state index in [-0.39, 0.29) is 29.4 Å². The molecule has 148 valence electrons. The Bertz CT molecular complexity index is 557. The second-order valence-corrected chi connectivity index (χ2v) is 7.45. The summed E-state index contributed by atoms with van der Waals surface area (Å²) in [6, 6.07) is 8.27. The van der Waals surface area contributed by atoms with Gasteiger partial charge in [0, 0.05) is 39.2 Å². The van der Waals surface area contributed by atoms with Gasteiger partial charge in [0.1, 0.15) is 5.75 Å². The third-order valence-electron chi connectivity index (χ3n) is 4.75. The summed E-state index contributed by atoms with van der Waals surface area (Å²) in [4.78, 5) is 6.52. The van der Waals surface area contributed by atoms with Crippen LogP contribution in [0.1, 0.15) is 32.3 Å². The molecular weight excluding hydrogens is 441 g/mol. The summed E-state index contributed by atoms with van der Waals surface area (Å²) < 4.78 is 11.0. The van der Waals surface area contributed by atoms with Gasteiger partial charge in [0.05, 0.1) is 13.7 Å². The van der Waals surface area contributed by atoms with Crippen LogP contribution in [-0.4, -0.2) is 58.4 Å². The Morgan fingerprint density at radius 2 is 1.92 bits per heavy atom. The molecule has 0 radical (unpaired) electrons. The van der Waals surface area contributed by atoms with Crippen molar-refractivity contribution < 1.29 is 9.47 Å². The molecule has 1 aromatic carbocycles. The van der Waals surface area contributed by atoms with E-state index in [1.54, 1.807) is 7.11 Å². The number of hydrogen-bond acceptors (Lipinski definition) is 3. The maximum absolute atomic E-state index is 5.72. The number of nitrogens with one attached hydrogen (secondary N) is 1. The van der Waals surface area contributed by atoms with E-state index in [4.69, 9.17) is 9.47 Å². The van der Waals surface area contributed by atoms with Gasteiger partial charge >= 0.3 is 0 Å². The number of halogens is 1. The van der Waals surface area contributed by atoms with Crippen molar-refractivity contribution in [3.05, 3.63) is 29.8 Å². The molecule has 26 heavy (non-hydrogen) atoms. The average Bonchev–Trinajstić information content (AvgIpc) is 3.43. The lowest BCUT2D eigenvalue weighted by atomic mass is 9.84. The van der Waals surface area contributed by atoms with Crippen LogP contribution in [0.3, 0.4) is 0 Å². The number of guanidine groups is 1. The van der Waals surface area contributed by atoms with E-state index >= 15 is 0 Å². The Hall–Kier alpha value is -1.02. The second kappa shape index (κ2) is 11.0. The molecule has 1 aliphatic carbocycles. The first-order valence-electron chi connectivity index (χ1n) is 9.10. The van der Waals surface area contributed by atoms with Crippen LogP contribution in [0.2, 0.25) is 0 Å². The highest BCUT2D eigenvalue weighted by molar-refractivity contribution is 14.0. The second-order valence-electron chi connectivity index (χ2n) is 7.45. The molecule has 0 atom stereocenters. The van der Waals surface area contributed by atoms with E-state index in [2.05, 4.69) is 48.2 Å². The van der Waals surface area contributed by atoms with Crippen molar-refractivity contribution in [1.82, 2.24) is 10.2 Å². The van der Waals surface area contributed by atoms with Gasteiger partial charge in [0.15, 0.2) is 5.96 Å². The molecule has 0 bridgehead atoms. The van der Waals surface area contributed by atoms with Crippen molar-refractivity contribution in [3.8, 4) is 5.75 Å². The molecular formula is C20H34IN3O2. The van der Waals surface area contributed by atoms with Crippen LogP contribution >= 0.6 is 24.0 Å². The predicted molar refractivity (Wildman–Crippen MR) is 119 cm³/mol. The molecule has 2 rings (SSSR count). The van der Waals surface area contributed by atoms with E-state index in [0.717, 1.165) is 43.9 Å². The number of aliphatic imine (C=N–C) groups is 1. The predicted octanol–water partition coefficient (Wildman–Crippen LogP) is 3.52. The third-order valence-corrected chi connectivity index (χ3v) is 4.75. The quantitative estimate of drug-likeness (QED) is 0.257. The van der Waals surface area contributed by atoms with Gasteiger partial charge in [-0.2, -0.15) is 0 Å². The van der Waals surface area contributed by atoms with E-state index in [0.29, 0.717) is 0 Å². The van der Waals surface area contributed by atoms with Crippen LogP contribution in [0.4, 0.5) is 0 Å². The summed E-state index contributed by atoms with van der Waals surface area (Å²) in [7, 11) is 5.57. The molecule has 1 aromatic rings. The van der Waals surface area contributed by atoms with Crippen molar-refractivity contribution in [2.24, 2.45) is 10.9 Å². The summed E-state index contributed by atoms with van der Waals surface area (Å²) in [5, 5.41) is 3.49. The van der Waals surface area contributed by atoms with Gasteiger partial charge in [-0.15, -0.1) is 24.0 Å². The van der Waals surface area contributed by atoms with Crippen LogP contribution < -0.4 is 10.1 Å². The summed E-state index contributed by atoms with van der Waals surface area (Å²) >= 11 is 0. The molecule has 0 saturated heterocycles. The van der Waals surface area contributed by atoms with E-state index < -0.39 is 0 Å². The zero-order valence-electron chi connectivity index (χ0n) is 16.7. The SMILES string of the molecule is CN=C(NCC(C)(C)c1ccc(OC)cc1)N(C)CCOCC1CC1.I. The molecule has 6 heteroatoms. The van der Waals surface area contributed by atoms with Gasteiger partial charge in [0.25, 0.3) is 0 Å². The van der Waals surface area contributed by atoms with Crippen molar-refractivity contribution in [1.29, 1.82) is 0 Å². The average molecular weight is 475 g/mol. The molecule has 1 N–H and O–H groups in total. The lowest BCUT2D eigenvalue weighted by Gasteiger charge is -2.29. The highest BCUT2D eigenvalue weighted by atomic mass is 127. The maximum Gasteiger partial charge on any atom is 0.193 e. The highest BCUT2D eigenvalue weighted by Gasteiger charge is 2.22. The molecule has 0 spiro atoms. The molecule has 1 aliphatic rings. The molecule has 0 heterocycles. The number of methoxy groups -OCH3 is 1. The number of nitrogens with zero attached hydrogens (tertiary/aromatic N) is 2. The molecule has 0 amide bonds. The Kier molecular flexibility index (Phi) is 9.71. The number of likely N-dealkylation sites (N-methyl/N-ethyl adjacent to an activating group) is 1. The standard InChI is InChI=1S/C20H33N3O2.HI/c1-20(2,17-8-10-18(24-5)11-9-17)15-22-19(21-3)23(4)12-13-25-14-16-6-7-16;/h8-11,16H,6-7,12-15H2,1-5H3,(H,21,22);1H. The minimum Gasteiger partial charge on any atom is -0.497 e. The van der Waals surface area contributed by atoms with Gasteiger partial charge in [-0.3, -0.25) is 4.99 Å². The summed E-state index contributed by atoms with van der Waals surface area (Å²) in [5.41, 5.74) is 1.26. The fourth-order valence-corrected chi connectivity index (χ4v) is 2.67. The molecule has 0 unspecified atom stereocenters. The summed E-state index contributed by atoms with van der Waals surface area (Å²) in [5.74, 6) is 2.60. The zero-order valence-corrected chi connectivity index (χ0v) is 19.1. The Morgan fingerprint density at radius 1 is 1.27 bits per heavy atom. The zero-order chi connectivity index (χ0) is 18.3. The number of rotatable bonds is 9. The van der Waals surface area contributed by atoms with Crippen LogP contribution in [0, 0.1) is 5.92 Å². The van der Waals surface area contributed by atoms with Crippen molar-refractivity contribution in [2.45, 2.75) is 32.1 Å². The van der Waals surface area contributed by atoms with Crippen molar-refractivity contribution in [2.75, 3.05) is 47.5 Å². The molecule has 0 aliphatic heterocycles. The van der Waals surface area contributed by atoms with Gasteiger partial charge in [-0.25, -0.2) is 0 Å². The van der Waals surface area contributed by atoms with Crippen LogP contribution in [-0.2, 0) is 10.2 Å². The summed E-state index contributed by atoms with van der Waals surface area (Å²) in [6.07, 6.45) is 2.67. The monoisotopic (exact) mass is 475 g/mol. The van der Waals surface area contributed by atoms with Crippen molar-refractivity contribution in [3.63, 3.8) is 0 Å². The number of ether oxygens (including phenoxy) is 2. The minimum absolute atomic E-state index is 0. The van der Waals surface area contributed by atoms with E-state index in [1.807, 2.05) is 19.2 Å². The van der Waals surface area contributed by atoms with E-state index in [9.17, 15) is 0 Å². The van der Waals surface area contributed by atoms with Crippen LogP contribution in [0.5, 0.6) is 5.75 Å². The first kappa shape index (κ1) is 23.0. The largest absolute Gasteiger partial charge is 0.497 e. The maximum atomic E-state index is 5.72. The number of hydrogen-bond donors (Lipinski definition) is 1. The topological polar surface area (TPSA) is 46.1 Å². The third kappa shape index (κ3) is 7.31. The van der Waals surface area contributed by atoms with Gasteiger partial charge in [-0.05, 0) is 36.5 Å². The number of benzene rings is 1. The molecule has 0 aromatic heterocycles. The lowest BCUT2D eigenvalue weighted by molar-refractivity contribution is 0.115. The Labute approximate surface area is 175 Å². The first-order chi connectivity index (χ1) is 12.0. The molecule has 5 nitrogen and oxygen atoms in total. The van der Waals surface area contributed by atoms with Crippen LogP contribution in [0.15, 0.2) is 29.3 Å². The fraction of sp³-hybridized carbons (Fsp3) is 0.650. The first-order valence-corrected chi connectivity index (χ1v) is 9.10. The van der Waals surface area contributed by atoms with Gasteiger partial charge in [-0.1, -0.05) is 26.0 Å². The Morgan fingerprint density at radius 3 is 2.46 bits per heavy atom. The Balaban J connectivity index is 0.00000338. The van der Waals surface area contributed by atoms with Gasteiger partial charge < -0.3 is 19.7 Å². The highest BCUT2D eigenvalue weighted by Crippen LogP contribution is 2.28.